The molecule has 0 fully saturated rings. The van der Waals surface area contributed by atoms with Crippen molar-refractivity contribution in [1.29, 1.82) is 0 Å². The van der Waals surface area contributed by atoms with Gasteiger partial charge in [-0.1, -0.05) is 196 Å². The third kappa shape index (κ3) is 27.1. The first-order valence-electron chi connectivity index (χ1n) is 30.4. The predicted octanol–water partition coefficient (Wildman–Crippen LogP) is 24.4. The van der Waals surface area contributed by atoms with Gasteiger partial charge in [-0.3, -0.25) is 0 Å². The van der Waals surface area contributed by atoms with Gasteiger partial charge < -0.3 is 0 Å². The third-order valence-corrected chi connectivity index (χ3v) is 16.9. The fourth-order valence-corrected chi connectivity index (χ4v) is 9.45. The van der Waals surface area contributed by atoms with Crippen molar-refractivity contribution in [2.75, 3.05) is 0 Å². The fraction of sp³-hybridized carbons (Fsp3) is 0.357. The van der Waals surface area contributed by atoms with Crippen LogP contribution in [-0.2, 0) is 0 Å². The highest BCUT2D eigenvalue weighted by molar-refractivity contribution is 5.49. The maximum atomic E-state index is 2.26. The van der Waals surface area contributed by atoms with Crippen LogP contribution in [0.25, 0.3) is 0 Å². The lowest BCUT2D eigenvalue weighted by molar-refractivity contribution is 1.13. The molecule has 450 valence electrons. The lowest BCUT2D eigenvalue weighted by Crippen LogP contribution is -1.98. The lowest BCUT2D eigenvalue weighted by atomic mass is 9.90. The Kier molecular flexibility index (Phi) is 33.3. The summed E-state index contributed by atoms with van der Waals surface area (Å²) in [6.45, 7) is 64.7. The van der Waals surface area contributed by atoms with Gasteiger partial charge in [-0.05, 0) is 325 Å². The monoisotopic (exact) mass is 1120 g/mol. The Morgan fingerprint density at radius 2 is 0.345 bits per heavy atom. The van der Waals surface area contributed by atoms with E-state index in [0.29, 0.717) is 0 Å². The van der Waals surface area contributed by atoms with Gasteiger partial charge in [-0.2, -0.15) is 0 Å². The molecule has 0 saturated carbocycles. The highest BCUT2D eigenvalue weighted by Gasteiger charge is 2.08. The summed E-state index contributed by atoms with van der Waals surface area (Å²) in [7, 11) is 0. The molecule has 0 radical (unpaired) electrons. The summed E-state index contributed by atoms with van der Waals surface area (Å²) in [5.74, 6) is 0. The predicted molar refractivity (Wildman–Crippen MR) is 380 cm³/mol. The van der Waals surface area contributed by atoms with Crippen LogP contribution in [-0.4, -0.2) is 0 Å². The van der Waals surface area contributed by atoms with Crippen molar-refractivity contribution >= 4 is 0 Å². The minimum atomic E-state index is 1.33. The van der Waals surface area contributed by atoms with Gasteiger partial charge in [-0.25, -0.2) is 0 Å². The van der Waals surface area contributed by atoms with Crippen molar-refractivity contribution in [1.82, 2.24) is 0 Å². The topological polar surface area (TPSA) is 0 Å². The van der Waals surface area contributed by atoms with Crippen LogP contribution in [0.2, 0.25) is 0 Å². The van der Waals surface area contributed by atoms with Gasteiger partial charge in [0.1, 0.15) is 0 Å². The molecule has 0 spiro atoms. The zero-order valence-electron chi connectivity index (χ0n) is 58.9. The standard InChI is InChI=1S/C12H18.C11H16.C10H14.3C9H12.3C8H10/c1-7-8(2)10(4)12(6)11(5)9(7)3;1-7-6-8(2)10(4)11(5)9(7)3;1-7-5-8(2)10(4)9(3)6-7;1-7-4-8(2)6-9(3)5-7;1-7-4-5-8(2)9(3)6-7;1-7-5-4-6-8(2)9(7)3;1-7-3-5-8(2)6-4-7;1-7-4-3-5-8(2)6-7;1-7-5-3-4-6-8(7)2/h1-6H3;6H,1-5H3;5-6H,1-4H3;3*4-6H,1-3H3;3*3-6H,1-2H3. The second-order valence-corrected chi connectivity index (χ2v) is 24.3. The Hall–Kier alpha value is -7.02. The smallest absolute Gasteiger partial charge is 0.0392 e. The highest BCUT2D eigenvalue weighted by Crippen LogP contribution is 2.25. The zero-order valence-corrected chi connectivity index (χ0v) is 58.9. The summed E-state index contributed by atoms with van der Waals surface area (Å²) in [5, 5.41) is 0. The number of aryl methyl sites for hydroxylation is 19. The van der Waals surface area contributed by atoms with Crippen molar-refractivity contribution in [2.24, 2.45) is 0 Å². The molecule has 0 heterocycles. The molecule has 0 saturated heterocycles. The van der Waals surface area contributed by atoms with Crippen LogP contribution in [0.1, 0.15) is 167 Å². The van der Waals surface area contributed by atoms with Gasteiger partial charge in [0, 0.05) is 0 Å². The third-order valence-electron chi connectivity index (χ3n) is 16.9. The van der Waals surface area contributed by atoms with Crippen molar-refractivity contribution in [2.45, 2.75) is 208 Å². The Labute approximate surface area is 517 Å². The molecule has 9 aromatic carbocycles. The van der Waals surface area contributed by atoms with E-state index in [1.165, 1.54) is 167 Å². The molecule has 9 rings (SSSR count). The quantitative estimate of drug-likeness (QED) is 0.142. The average Bonchev–Trinajstić information content (AvgIpc) is 3.58. The number of rotatable bonds is 0. The maximum Gasteiger partial charge on any atom is -0.0392 e. The van der Waals surface area contributed by atoms with E-state index >= 15 is 0 Å². The van der Waals surface area contributed by atoms with Gasteiger partial charge in [0.15, 0.2) is 0 Å². The van der Waals surface area contributed by atoms with Gasteiger partial charge in [-0.15, -0.1) is 0 Å². The van der Waals surface area contributed by atoms with Crippen molar-refractivity contribution in [3.05, 3.63) is 312 Å². The van der Waals surface area contributed by atoms with E-state index in [9.17, 15) is 0 Å². The largest absolute Gasteiger partial charge is 0.0620 e. The molecule has 84 heavy (non-hydrogen) atoms. The van der Waals surface area contributed by atoms with Crippen LogP contribution in [0.3, 0.4) is 0 Å². The first-order chi connectivity index (χ1) is 39.1. The molecule has 0 N–H and O–H groups in total. The molecule has 0 unspecified atom stereocenters. The molecule has 0 bridgehead atoms. The fourth-order valence-electron chi connectivity index (χ4n) is 9.45. The summed E-state index contributed by atoms with van der Waals surface area (Å²) in [5.41, 5.74) is 41.9. The van der Waals surface area contributed by atoms with E-state index in [0.717, 1.165) is 0 Å². The van der Waals surface area contributed by atoms with Crippen molar-refractivity contribution < 1.29 is 0 Å². The zero-order chi connectivity index (χ0) is 64.3. The van der Waals surface area contributed by atoms with Crippen LogP contribution in [0.5, 0.6) is 0 Å². The van der Waals surface area contributed by atoms with Gasteiger partial charge >= 0.3 is 0 Å². The number of hydrogen-bond acceptors (Lipinski definition) is 0. The summed E-state index contributed by atoms with van der Waals surface area (Å²) >= 11 is 0. The van der Waals surface area contributed by atoms with E-state index in [1.807, 2.05) is 0 Å². The summed E-state index contributed by atoms with van der Waals surface area (Å²) in [6.07, 6.45) is 0. The Morgan fingerprint density at radius 1 is 0.119 bits per heavy atom. The van der Waals surface area contributed by atoms with E-state index in [2.05, 4.69) is 353 Å². The molecular weight excluding hydrogens is 1010 g/mol. The molecule has 0 aliphatic heterocycles. The second kappa shape index (κ2) is 37.3. The first-order valence-corrected chi connectivity index (χ1v) is 30.4. The number of hydrogen-bond donors (Lipinski definition) is 0. The molecule has 0 amide bonds. The molecule has 9 aromatic rings. The molecule has 0 aliphatic carbocycles. The van der Waals surface area contributed by atoms with E-state index in [4.69, 9.17) is 0 Å². The first kappa shape index (κ1) is 75.0. The second-order valence-electron chi connectivity index (χ2n) is 24.3. The van der Waals surface area contributed by atoms with Crippen LogP contribution in [0, 0.1) is 208 Å². The van der Waals surface area contributed by atoms with E-state index in [-0.39, 0.29) is 0 Å². The normalized spacial score (nSPS) is 9.79. The Bertz CT molecular complexity index is 3170. The lowest BCUT2D eigenvalue weighted by Gasteiger charge is -2.15. The van der Waals surface area contributed by atoms with Crippen LogP contribution in [0.4, 0.5) is 0 Å². The Balaban J connectivity index is 0.000000474. The SMILES string of the molecule is Cc1c(C)c(C)c(C)c(C)c1C.Cc1cc(C)c(C)c(C)c1.Cc1cc(C)c(C)c(C)c1C.Cc1cc(C)cc(C)c1.Cc1ccc(C)c(C)c1.Cc1ccc(C)cc1.Cc1cccc(C)c1.Cc1cccc(C)c1C.Cc1ccccc1C. The molecule has 0 aliphatic rings. The van der Waals surface area contributed by atoms with Gasteiger partial charge in [0.25, 0.3) is 0 Å². The summed E-state index contributed by atoms with van der Waals surface area (Å²) < 4.78 is 0. The van der Waals surface area contributed by atoms with Crippen LogP contribution >= 0.6 is 0 Å². The van der Waals surface area contributed by atoms with Crippen LogP contribution < -0.4 is 0 Å². The molecule has 0 atom stereocenters. The summed E-state index contributed by atoms with van der Waals surface area (Å²) in [4.78, 5) is 0. The van der Waals surface area contributed by atoms with E-state index in [1.54, 1.807) is 0 Å². The summed E-state index contributed by atoms with van der Waals surface area (Å²) in [6, 6.07) is 51.4. The van der Waals surface area contributed by atoms with E-state index < -0.39 is 0 Å². The molecule has 0 nitrogen and oxygen atoms in total. The molecule has 0 heteroatoms. The maximum absolute atomic E-state index is 2.26. The minimum Gasteiger partial charge on any atom is -0.0620 e. The Morgan fingerprint density at radius 3 is 0.631 bits per heavy atom. The molecule has 0 aromatic heterocycles. The molecular formula is C84H114. The van der Waals surface area contributed by atoms with Crippen molar-refractivity contribution in [3.8, 4) is 0 Å². The van der Waals surface area contributed by atoms with Gasteiger partial charge in [0.05, 0.1) is 0 Å². The minimum absolute atomic E-state index is 1.33. The average molecular weight is 1120 g/mol. The number of benzene rings is 9. The highest BCUT2D eigenvalue weighted by atomic mass is 14.1. The van der Waals surface area contributed by atoms with Gasteiger partial charge in [0.2, 0.25) is 0 Å². The van der Waals surface area contributed by atoms with Crippen LogP contribution in [0.15, 0.2) is 146 Å². The van der Waals surface area contributed by atoms with Crippen molar-refractivity contribution in [3.63, 3.8) is 0 Å².